The topological polar surface area (TPSA) is 39.5 Å². The van der Waals surface area contributed by atoms with Gasteiger partial charge in [0.2, 0.25) is 0 Å². The van der Waals surface area contributed by atoms with Crippen LogP contribution in [0.4, 0.5) is 8.78 Å². The van der Waals surface area contributed by atoms with E-state index in [9.17, 15) is 8.78 Å². The number of ether oxygens (including phenoxy) is 2. The number of aromatic nitrogens is 2. The maximum Gasteiger partial charge on any atom is 0.387 e. The van der Waals surface area contributed by atoms with Crippen molar-refractivity contribution in [2.75, 3.05) is 7.11 Å². The predicted molar refractivity (Wildman–Crippen MR) is 167 cm³/mol. The number of hydrogen-bond acceptors (Lipinski definition) is 4. The lowest BCUT2D eigenvalue weighted by Gasteiger charge is -2.25. The number of rotatable bonds is 14. The summed E-state index contributed by atoms with van der Waals surface area (Å²) in [6.07, 6.45) is 2.07. The Morgan fingerprint density at radius 2 is 1.42 bits per heavy atom. The van der Waals surface area contributed by atoms with Gasteiger partial charge >= 0.3 is 6.61 Å². The van der Waals surface area contributed by atoms with E-state index in [4.69, 9.17) is 14.5 Å². The Hall–Kier alpha value is -4.49. The van der Waals surface area contributed by atoms with Gasteiger partial charge in [-0.2, -0.15) is 8.78 Å². The first kappa shape index (κ1) is 30.0. The number of hydrogen-bond donors (Lipinski definition) is 0. The highest BCUT2D eigenvalue weighted by Crippen LogP contribution is 2.32. The quantitative estimate of drug-likeness (QED) is 0.131. The summed E-state index contributed by atoms with van der Waals surface area (Å²) in [6, 6.07) is 35.6. The molecule has 43 heavy (non-hydrogen) atoms. The third kappa shape index (κ3) is 7.87. The number of alkyl halides is 2. The molecule has 0 radical (unpaired) electrons. The Morgan fingerprint density at radius 3 is 2.07 bits per heavy atom. The molecule has 1 aromatic heterocycles. The van der Waals surface area contributed by atoms with E-state index in [-0.39, 0.29) is 5.75 Å². The van der Waals surface area contributed by atoms with E-state index in [0.29, 0.717) is 19.6 Å². The second-order valence-electron chi connectivity index (χ2n) is 10.5. The van der Waals surface area contributed by atoms with Crippen LogP contribution in [0.3, 0.4) is 0 Å². The number of unbranched alkanes of at least 4 members (excludes halogenated alkanes) is 1. The Labute approximate surface area is 252 Å². The van der Waals surface area contributed by atoms with Crippen LogP contribution in [0.15, 0.2) is 109 Å². The second kappa shape index (κ2) is 14.6. The normalized spacial score (nSPS) is 11.3. The van der Waals surface area contributed by atoms with Gasteiger partial charge < -0.3 is 14.0 Å². The maximum absolute atomic E-state index is 13.0. The smallest absolute Gasteiger partial charge is 0.387 e. The van der Waals surface area contributed by atoms with E-state index >= 15 is 0 Å². The highest BCUT2D eigenvalue weighted by atomic mass is 19.3. The molecule has 0 spiro atoms. The lowest BCUT2D eigenvalue weighted by Crippen LogP contribution is -2.24. The molecular weight excluding hydrogens is 544 g/mol. The van der Waals surface area contributed by atoms with Gasteiger partial charge in [0.15, 0.2) is 0 Å². The Bertz CT molecular complexity index is 1570. The fourth-order valence-electron chi connectivity index (χ4n) is 5.29. The molecule has 0 unspecified atom stereocenters. The maximum atomic E-state index is 13.0. The van der Waals surface area contributed by atoms with Gasteiger partial charge in [0, 0.05) is 37.3 Å². The molecule has 0 saturated heterocycles. The monoisotopic (exact) mass is 581 g/mol. The summed E-state index contributed by atoms with van der Waals surface area (Å²) < 4.78 is 38.4. The van der Waals surface area contributed by atoms with Crippen molar-refractivity contribution >= 4 is 0 Å². The molecule has 5 rings (SSSR count). The van der Waals surface area contributed by atoms with E-state index < -0.39 is 6.61 Å². The van der Waals surface area contributed by atoms with Crippen LogP contribution < -0.4 is 9.47 Å². The fraction of sp³-hybridized carbons (Fsp3) is 0.250. The van der Waals surface area contributed by atoms with E-state index in [1.807, 2.05) is 54.6 Å². The van der Waals surface area contributed by atoms with Crippen molar-refractivity contribution in [1.29, 1.82) is 0 Å². The van der Waals surface area contributed by atoms with Crippen molar-refractivity contribution in [3.05, 3.63) is 126 Å². The van der Waals surface area contributed by atoms with Gasteiger partial charge in [0.25, 0.3) is 0 Å². The SMILES string of the molecule is CCCCn1c(-c2ccccc2)nc(-c2ccccc2)c1CN(Cc1ccc(OC)cc1)Cc1cccc(OC(F)F)c1. The molecule has 5 aromatic rings. The number of benzene rings is 4. The third-order valence-electron chi connectivity index (χ3n) is 7.36. The van der Waals surface area contributed by atoms with Gasteiger partial charge in [-0.3, -0.25) is 4.90 Å². The molecule has 1 heterocycles. The van der Waals surface area contributed by atoms with Crippen molar-refractivity contribution in [1.82, 2.24) is 14.5 Å². The Kier molecular flexibility index (Phi) is 10.2. The minimum atomic E-state index is -2.87. The van der Waals surface area contributed by atoms with Gasteiger partial charge in [-0.15, -0.1) is 0 Å². The van der Waals surface area contributed by atoms with Gasteiger partial charge in [-0.1, -0.05) is 98.3 Å². The highest BCUT2D eigenvalue weighted by Gasteiger charge is 2.22. The Morgan fingerprint density at radius 1 is 0.744 bits per heavy atom. The minimum Gasteiger partial charge on any atom is -0.497 e. The molecule has 222 valence electrons. The van der Waals surface area contributed by atoms with Gasteiger partial charge in [0.05, 0.1) is 18.5 Å². The van der Waals surface area contributed by atoms with Crippen LogP contribution >= 0.6 is 0 Å². The summed E-state index contributed by atoms with van der Waals surface area (Å²) in [5, 5.41) is 0. The Balaban J connectivity index is 1.59. The molecule has 0 fully saturated rings. The minimum absolute atomic E-state index is 0.154. The van der Waals surface area contributed by atoms with E-state index in [1.54, 1.807) is 25.3 Å². The summed E-state index contributed by atoms with van der Waals surface area (Å²) in [5.74, 6) is 1.89. The molecule has 0 bridgehead atoms. The lowest BCUT2D eigenvalue weighted by atomic mass is 10.1. The fourth-order valence-corrected chi connectivity index (χ4v) is 5.29. The number of methoxy groups -OCH3 is 1. The summed E-state index contributed by atoms with van der Waals surface area (Å²) in [7, 11) is 1.66. The third-order valence-corrected chi connectivity index (χ3v) is 7.36. The molecule has 5 nitrogen and oxygen atoms in total. The number of halogens is 2. The zero-order chi connectivity index (χ0) is 30.0. The van der Waals surface area contributed by atoms with Crippen LogP contribution in [0.25, 0.3) is 22.6 Å². The number of imidazole rings is 1. The standard InChI is InChI=1S/C36H37F2N3O2/c1-3-4-22-41-33(34(29-13-7-5-8-14-29)39-35(41)30-15-9-6-10-16-30)26-40(24-27-18-20-31(42-2)21-19-27)25-28-12-11-17-32(23-28)43-36(37)38/h5-21,23,36H,3-4,22,24-26H2,1-2H3. The van der Waals surface area contributed by atoms with E-state index in [0.717, 1.165) is 64.6 Å². The average Bonchev–Trinajstić information content (AvgIpc) is 3.38. The van der Waals surface area contributed by atoms with Gasteiger partial charge in [0.1, 0.15) is 17.3 Å². The average molecular weight is 582 g/mol. The van der Waals surface area contributed by atoms with E-state index in [1.165, 1.54) is 0 Å². The molecule has 0 aliphatic rings. The molecule has 4 aromatic carbocycles. The molecule has 0 amide bonds. The van der Waals surface area contributed by atoms with Crippen LogP contribution in [-0.4, -0.2) is 28.2 Å². The van der Waals surface area contributed by atoms with Crippen LogP contribution in [0.5, 0.6) is 11.5 Å². The first-order valence-electron chi connectivity index (χ1n) is 14.6. The zero-order valence-corrected chi connectivity index (χ0v) is 24.6. The van der Waals surface area contributed by atoms with Crippen LogP contribution in [0.1, 0.15) is 36.6 Å². The summed E-state index contributed by atoms with van der Waals surface area (Å²) in [4.78, 5) is 7.58. The van der Waals surface area contributed by atoms with Crippen molar-refractivity contribution in [3.63, 3.8) is 0 Å². The van der Waals surface area contributed by atoms with Gasteiger partial charge in [-0.05, 0) is 41.8 Å². The number of nitrogens with zero attached hydrogens (tertiary/aromatic N) is 3. The van der Waals surface area contributed by atoms with Crippen molar-refractivity contribution in [2.24, 2.45) is 0 Å². The molecule has 0 saturated carbocycles. The van der Waals surface area contributed by atoms with Crippen molar-refractivity contribution < 1.29 is 18.3 Å². The molecule has 0 atom stereocenters. The highest BCUT2D eigenvalue weighted by molar-refractivity contribution is 5.68. The molecule has 0 N–H and O–H groups in total. The van der Waals surface area contributed by atoms with Crippen LogP contribution in [0.2, 0.25) is 0 Å². The van der Waals surface area contributed by atoms with Crippen molar-refractivity contribution in [2.45, 2.75) is 52.6 Å². The molecule has 0 aliphatic heterocycles. The predicted octanol–water partition coefficient (Wildman–Crippen LogP) is 8.83. The van der Waals surface area contributed by atoms with Crippen LogP contribution in [0, 0.1) is 0 Å². The summed E-state index contributed by atoms with van der Waals surface area (Å²) in [6.45, 7) is 1.92. The summed E-state index contributed by atoms with van der Waals surface area (Å²) in [5.41, 5.74) is 6.19. The first-order valence-corrected chi connectivity index (χ1v) is 14.6. The second-order valence-corrected chi connectivity index (χ2v) is 10.5. The molecule has 7 heteroatoms. The zero-order valence-electron chi connectivity index (χ0n) is 24.6. The molecular formula is C36H37F2N3O2. The summed E-state index contributed by atoms with van der Waals surface area (Å²) >= 11 is 0. The lowest BCUT2D eigenvalue weighted by molar-refractivity contribution is -0.0499. The van der Waals surface area contributed by atoms with Crippen LogP contribution in [-0.2, 0) is 26.2 Å². The van der Waals surface area contributed by atoms with E-state index in [2.05, 4.69) is 52.8 Å². The van der Waals surface area contributed by atoms with Gasteiger partial charge in [-0.25, -0.2) is 4.98 Å². The van der Waals surface area contributed by atoms with Crippen molar-refractivity contribution in [3.8, 4) is 34.1 Å². The first-order chi connectivity index (χ1) is 21.0. The molecule has 0 aliphatic carbocycles. The largest absolute Gasteiger partial charge is 0.497 e.